The van der Waals surface area contributed by atoms with Crippen molar-refractivity contribution in [2.24, 2.45) is 0 Å². The lowest BCUT2D eigenvalue weighted by atomic mass is 10.1. The van der Waals surface area contributed by atoms with Crippen LogP contribution in [0, 0.1) is 11.6 Å². The first-order valence-electron chi connectivity index (χ1n) is 8.69. The summed E-state index contributed by atoms with van der Waals surface area (Å²) in [4.78, 5) is 16.8. The minimum absolute atomic E-state index is 0.143. The molecule has 2 aromatic carbocycles. The summed E-state index contributed by atoms with van der Waals surface area (Å²) in [6.45, 7) is 4.02. The number of amides is 1. The van der Waals surface area contributed by atoms with Crippen LogP contribution < -0.4 is 5.32 Å². The molecule has 0 bridgehead atoms. The molecule has 140 valence electrons. The van der Waals surface area contributed by atoms with E-state index in [2.05, 4.69) is 20.5 Å². The maximum atomic E-state index is 13.3. The van der Waals surface area contributed by atoms with E-state index >= 15 is 0 Å². The third-order valence-corrected chi connectivity index (χ3v) is 4.12. The highest BCUT2D eigenvalue weighted by Crippen LogP contribution is 2.26. The summed E-state index contributed by atoms with van der Waals surface area (Å²) >= 11 is 0. The summed E-state index contributed by atoms with van der Waals surface area (Å²) in [6, 6.07) is 10.9. The van der Waals surface area contributed by atoms with E-state index in [0.717, 1.165) is 18.0 Å². The smallest absolute Gasteiger partial charge is 0.224 e. The Hall–Kier alpha value is -3.09. The van der Waals surface area contributed by atoms with Crippen LogP contribution in [-0.2, 0) is 11.2 Å². The summed E-state index contributed by atoms with van der Waals surface area (Å²) in [7, 11) is 0. The molecule has 7 heteroatoms. The van der Waals surface area contributed by atoms with Crippen LogP contribution in [0.2, 0.25) is 0 Å². The van der Waals surface area contributed by atoms with Gasteiger partial charge in [0.15, 0.2) is 17.5 Å². The van der Waals surface area contributed by atoms with Gasteiger partial charge < -0.3 is 5.32 Å². The van der Waals surface area contributed by atoms with Gasteiger partial charge in [0, 0.05) is 17.9 Å². The molecule has 3 aromatic rings. The maximum absolute atomic E-state index is 13.3. The maximum Gasteiger partial charge on any atom is 0.224 e. The minimum Gasteiger partial charge on any atom is -0.325 e. The van der Waals surface area contributed by atoms with Crippen molar-refractivity contribution in [3.63, 3.8) is 0 Å². The van der Waals surface area contributed by atoms with Gasteiger partial charge in [0.05, 0.1) is 5.69 Å². The number of H-pyrrole nitrogens is 1. The van der Waals surface area contributed by atoms with Gasteiger partial charge in [-0.3, -0.25) is 9.89 Å². The van der Waals surface area contributed by atoms with Gasteiger partial charge >= 0.3 is 0 Å². The molecule has 27 heavy (non-hydrogen) atoms. The number of para-hydroxylation sites is 1. The molecule has 0 aliphatic rings. The Morgan fingerprint density at radius 2 is 1.93 bits per heavy atom. The molecule has 0 saturated carbocycles. The topological polar surface area (TPSA) is 70.7 Å². The van der Waals surface area contributed by atoms with Gasteiger partial charge in [-0.25, -0.2) is 13.8 Å². The molecular formula is C20H20F2N4O. The van der Waals surface area contributed by atoms with Crippen LogP contribution in [0.1, 0.15) is 37.6 Å². The summed E-state index contributed by atoms with van der Waals surface area (Å²) in [5.74, 6) is -0.552. The zero-order chi connectivity index (χ0) is 19.4. The average molecular weight is 370 g/mol. The molecule has 0 saturated heterocycles. The summed E-state index contributed by atoms with van der Waals surface area (Å²) in [5, 5.41) is 9.97. The zero-order valence-corrected chi connectivity index (χ0v) is 15.1. The van der Waals surface area contributed by atoms with Gasteiger partial charge in [0.25, 0.3) is 0 Å². The van der Waals surface area contributed by atoms with Crippen LogP contribution in [0.5, 0.6) is 0 Å². The quantitative estimate of drug-likeness (QED) is 0.674. The largest absolute Gasteiger partial charge is 0.325 e. The first kappa shape index (κ1) is 18.7. The zero-order valence-electron chi connectivity index (χ0n) is 15.1. The second kappa shape index (κ2) is 8.07. The van der Waals surface area contributed by atoms with E-state index in [-0.39, 0.29) is 18.2 Å². The molecule has 0 fully saturated rings. The van der Waals surface area contributed by atoms with E-state index in [4.69, 9.17) is 0 Å². The lowest BCUT2D eigenvalue weighted by Crippen LogP contribution is -2.13. The Labute approximate surface area is 155 Å². The van der Waals surface area contributed by atoms with Gasteiger partial charge in [0.2, 0.25) is 5.91 Å². The van der Waals surface area contributed by atoms with Gasteiger partial charge in [-0.15, -0.1) is 0 Å². The number of carbonyl (C=O) groups is 1. The molecule has 3 rings (SSSR count). The van der Waals surface area contributed by atoms with Crippen molar-refractivity contribution in [3.05, 3.63) is 65.5 Å². The fourth-order valence-corrected chi connectivity index (χ4v) is 2.61. The number of hydrogen-bond donors (Lipinski definition) is 2. The van der Waals surface area contributed by atoms with Gasteiger partial charge in [-0.2, -0.15) is 5.10 Å². The highest BCUT2D eigenvalue weighted by Gasteiger charge is 2.14. The van der Waals surface area contributed by atoms with Gasteiger partial charge in [-0.1, -0.05) is 32.0 Å². The molecule has 1 heterocycles. The molecule has 0 radical (unpaired) electrons. The van der Waals surface area contributed by atoms with Crippen molar-refractivity contribution in [3.8, 4) is 11.4 Å². The number of hydrogen-bond acceptors (Lipinski definition) is 3. The normalized spacial score (nSPS) is 11.0. The van der Waals surface area contributed by atoms with Crippen LogP contribution in [0.25, 0.3) is 11.4 Å². The Morgan fingerprint density at radius 1 is 1.15 bits per heavy atom. The molecule has 2 N–H and O–H groups in total. The second-order valence-corrected chi connectivity index (χ2v) is 6.54. The molecular weight excluding hydrogens is 350 g/mol. The second-order valence-electron chi connectivity index (χ2n) is 6.54. The number of aryl methyl sites for hydroxylation is 1. The number of rotatable bonds is 6. The Bertz CT molecular complexity index is 953. The van der Waals surface area contributed by atoms with Crippen molar-refractivity contribution in [1.29, 1.82) is 0 Å². The predicted octanol–water partition coefficient (Wildman–Crippen LogP) is 4.44. The van der Waals surface area contributed by atoms with Crippen LogP contribution >= 0.6 is 0 Å². The number of aromatic amines is 1. The van der Waals surface area contributed by atoms with E-state index in [1.807, 2.05) is 32.0 Å². The Morgan fingerprint density at radius 3 is 2.63 bits per heavy atom. The van der Waals surface area contributed by atoms with E-state index in [0.29, 0.717) is 29.1 Å². The molecule has 1 amide bonds. The summed E-state index contributed by atoms with van der Waals surface area (Å²) < 4.78 is 26.2. The lowest BCUT2D eigenvalue weighted by molar-refractivity contribution is -0.116. The number of nitrogens with zero attached hydrogens (tertiary/aromatic N) is 2. The lowest BCUT2D eigenvalue weighted by Gasteiger charge is -2.09. The molecule has 0 aliphatic heterocycles. The number of aromatic nitrogens is 3. The number of anilines is 1. The number of carbonyl (C=O) groups excluding carboxylic acids is 1. The average Bonchev–Trinajstić information content (AvgIpc) is 3.13. The fraction of sp³-hybridized carbons (Fsp3) is 0.250. The van der Waals surface area contributed by atoms with Crippen LogP contribution in [0.15, 0.2) is 42.5 Å². The van der Waals surface area contributed by atoms with E-state index in [9.17, 15) is 13.6 Å². The summed E-state index contributed by atoms with van der Waals surface area (Å²) in [5.41, 5.74) is 1.87. The third-order valence-electron chi connectivity index (χ3n) is 4.12. The molecule has 0 aliphatic carbocycles. The molecule has 0 unspecified atom stereocenters. The fourth-order valence-electron chi connectivity index (χ4n) is 2.61. The van der Waals surface area contributed by atoms with E-state index < -0.39 is 11.6 Å². The Kier molecular flexibility index (Phi) is 5.59. The summed E-state index contributed by atoms with van der Waals surface area (Å²) in [6.07, 6.45) is 0.452. The Balaban J connectivity index is 1.69. The molecule has 5 nitrogen and oxygen atoms in total. The highest BCUT2D eigenvalue weighted by molar-refractivity contribution is 5.94. The first-order valence-corrected chi connectivity index (χ1v) is 8.69. The van der Waals surface area contributed by atoms with Crippen molar-refractivity contribution in [2.45, 2.75) is 32.6 Å². The van der Waals surface area contributed by atoms with E-state index in [1.165, 1.54) is 6.07 Å². The molecule has 0 spiro atoms. The molecule has 1 aromatic heterocycles. The van der Waals surface area contributed by atoms with Gasteiger partial charge in [0.1, 0.15) is 5.82 Å². The standard InChI is InChI=1S/C20H20F2N4O/c1-12(2)19-24-20(26-25-19)14-5-3-4-6-17(14)23-18(27)10-8-13-7-9-15(21)16(22)11-13/h3-7,9,11-12H,8,10H2,1-2H3,(H,23,27)(H,24,25,26). The van der Waals surface area contributed by atoms with Crippen LogP contribution in [0.4, 0.5) is 14.5 Å². The highest BCUT2D eigenvalue weighted by atomic mass is 19.2. The minimum atomic E-state index is -0.913. The van der Waals surface area contributed by atoms with E-state index in [1.54, 1.807) is 6.07 Å². The number of halogens is 2. The third kappa shape index (κ3) is 4.55. The van der Waals surface area contributed by atoms with Crippen molar-refractivity contribution in [2.75, 3.05) is 5.32 Å². The molecule has 0 atom stereocenters. The first-order chi connectivity index (χ1) is 12.9. The van der Waals surface area contributed by atoms with Crippen LogP contribution in [-0.4, -0.2) is 21.1 Å². The number of nitrogens with one attached hydrogen (secondary N) is 2. The van der Waals surface area contributed by atoms with Crippen molar-refractivity contribution < 1.29 is 13.6 Å². The van der Waals surface area contributed by atoms with Crippen molar-refractivity contribution >= 4 is 11.6 Å². The van der Waals surface area contributed by atoms with Crippen molar-refractivity contribution in [1.82, 2.24) is 15.2 Å². The van der Waals surface area contributed by atoms with Crippen LogP contribution in [0.3, 0.4) is 0 Å². The van der Waals surface area contributed by atoms with Gasteiger partial charge in [-0.05, 0) is 36.2 Å². The number of benzene rings is 2. The monoisotopic (exact) mass is 370 g/mol. The SMILES string of the molecule is CC(C)c1nc(-c2ccccc2NC(=O)CCc2ccc(F)c(F)c2)n[nH]1. The predicted molar refractivity (Wildman–Crippen MR) is 99.2 cm³/mol.